The lowest BCUT2D eigenvalue weighted by Crippen LogP contribution is -2.38. The molecule has 2 unspecified atom stereocenters. The van der Waals surface area contributed by atoms with E-state index in [4.69, 9.17) is 0 Å². The Morgan fingerprint density at radius 3 is 2.45 bits per heavy atom. The minimum absolute atomic E-state index is 0.331. The Morgan fingerprint density at radius 1 is 1.25 bits per heavy atom. The number of hydrogen-bond donors (Lipinski definition) is 1. The molecule has 1 aliphatic heterocycles. The van der Waals surface area contributed by atoms with Crippen LogP contribution in [0.4, 0.5) is 13.2 Å². The zero-order valence-electron chi connectivity index (χ0n) is 11.5. The summed E-state index contributed by atoms with van der Waals surface area (Å²) in [4.78, 5) is 0. The fourth-order valence-electron chi connectivity index (χ4n) is 2.59. The molecular formula is C15H20F3NS. The Kier molecular flexibility index (Phi) is 5.38. The zero-order chi connectivity index (χ0) is 14.6. The molecule has 1 heterocycles. The molecule has 1 aromatic carbocycles. The maximum absolute atomic E-state index is 12.5. The van der Waals surface area contributed by atoms with Gasteiger partial charge >= 0.3 is 6.18 Å². The molecule has 0 aromatic heterocycles. The van der Waals surface area contributed by atoms with Crippen molar-refractivity contribution in [3.63, 3.8) is 0 Å². The number of nitrogens with one attached hydrogen (secondary N) is 1. The summed E-state index contributed by atoms with van der Waals surface area (Å²) in [5.41, 5.74) is 0.387. The number of rotatable bonds is 4. The number of alkyl halides is 3. The molecule has 0 saturated carbocycles. The van der Waals surface area contributed by atoms with Gasteiger partial charge in [-0.25, -0.2) is 0 Å². The first kappa shape index (κ1) is 15.7. The highest BCUT2D eigenvalue weighted by molar-refractivity contribution is 8.00. The molecule has 2 atom stereocenters. The van der Waals surface area contributed by atoms with Crippen molar-refractivity contribution >= 4 is 11.8 Å². The molecule has 1 N–H and O–H groups in total. The van der Waals surface area contributed by atoms with Crippen LogP contribution >= 0.6 is 11.8 Å². The minimum Gasteiger partial charge on any atom is -0.316 e. The van der Waals surface area contributed by atoms with Gasteiger partial charge in [0.2, 0.25) is 0 Å². The first-order chi connectivity index (χ1) is 9.50. The molecular weight excluding hydrogens is 283 g/mol. The Bertz CT molecular complexity index is 410. The van der Waals surface area contributed by atoms with Crippen LogP contribution in [0.3, 0.4) is 0 Å². The Hall–Kier alpha value is -0.680. The van der Waals surface area contributed by atoms with Gasteiger partial charge in [-0.1, -0.05) is 18.6 Å². The summed E-state index contributed by atoms with van der Waals surface area (Å²) in [6.07, 6.45) is 0.254. The van der Waals surface area contributed by atoms with Crippen LogP contribution in [0, 0.1) is 0 Å². The van der Waals surface area contributed by atoms with Crippen molar-refractivity contribution in [2.75, 3.05) is 12.8 Å². The summed E-state index contributed by atoms with van der Waals surface area (Å²) < 4.78 is 37.6. The van der Waals surface area contributed by atoms with Crippen molar-refractivity contribution in [3.05, 3.63) is 35.4 Å². The van der Waals surface area contributed by atoms with Gasteiger partial charge in [0, 0.05) is 11.3 Å². The highest BCUT2D eigenvalue weighted by Gasteiger charge is 2.30. The number of thioether (sulfide) groups is 1. The molecule has 1 saturated heterocycles. The van der Waals surface area contributed by atoms with Gasteiger partial charge in [0.05, 0.1) is 5.56 Å². The second kappa shape index (κ2) is 6.85. The van der Waals surface area contributed by atoms with E-state index in [2.05, 4.69) is 5.32 Å². The van der Waals surface area contributed by atoms with Crippen LogP contribution in [0.25, 0.3) is 0 Å². The average molecular weight is 303 g/mol. The highest BCUT2D eigenvalue weighted by atomic mass is 32.2. The molecule has 1 nitrogen and oxygen atoms in total. The van der Waals surface area contributed by atoms with E-state index in [1.54, 1.807) is 12.1 Å². The number of halogens is 3. The van der Waals surface area contributed by atoms with Crippen LogP contribution in [0.15, 0.2) is 24.3 Å². The highest BCUT2D eigenvalue weighted by Crippen LogP contribution is 2.31. The largest absolute Gasteiger partial charge is 0.416 e. The number of benzene rings is 1. The minimum atomic E-state index is -4.25. The third-order valence-electron chi connectivity index (χ3n) is 3.77. The number of likely N-dealkylation sites (N-methyl/N-ethyl adjacent to an activating group) is 1. The van der Waals surface area contributed by atoms with E-state index in [0.29, 0.717) is 11.3 Å². The lowest BCUT2D eigenvalue weighted by atomic mass is 9.99. The fourth-order valence-corrected chi connectivity index (χ4v) is 4.06. The molecule has 112 valence electrons. The van der Waals surface area contributed by atoms with Crippen LogP contribution in [-0.4, -0.2) is 24.1 Å². The predicted octanol–water partition coefficient (Wildman–Crippen LogP) is 4.12. The van der Waals surface area contributed by atoms with Gasteiger partial charge in [0.1, 0.15) is 0 Å². The Morgan fingerprint density at radius 2 is 1.95 bits per heavy atom. The molecule has 2 rings (SSSR count). The molecule has 1 fully saturated rings. The van der Waals surface area contributed by atoms with Gasteiger partial charge < -0.3 is 5.32 Å². The van der Waals surface area contributed by atoms with Gasteiger partial charge in [-0.15, -0.1) is 0 Å². The van der Waals surface area contributed by atoms with Crippen LogP contribution < -0.4 is 5.32 Å². The average Bonchev–Trinajstić information content (AvgIpc) is 2.45. The molecule has 1 aromatic rings. The lowest BCUT2D eigenvalue weighted by molar-refractivity contribution is -0.137. The molecule has 0 bridgehead atoms. The topological polar surface area (TPSA) is 12.0 Å². The molecule has 0 radical (unpaired) electrons. The first-order valence-corrected chi connectivity index (χ1v) is 8.00. The second-order valence-electron chi connectivity index (χ2n) is 5.20. The van der Waals surface area contributed by atoms with E-state index in [0.717, 1.165) is 12.0 Å². The van der Waals surface area contributed by atoms with E-state index in [1.807, 2.05) is 18.8 Å². The van der Waals surface area contributed by atoms with Crippen molar-refractivity contribution in [2.24, 2.45) is 0 Å². The summed E-state index contributed by atoms with van der Waals surface area (Å²) in [7, 11) is 1.93. The predicted molar refractivity (Wildman–Crippen MR) is 78.1 cm³/mol. The maximum atomic E-state index is 12.5. The molecule has 0 spiro atoms. The van der Waals surface area contributed by atoms with E-state index in [1.165, 1.54) is 37.1 Å². The van der Waals surface area contributed by atoms with E-state index >= 15 is 0 Å². The summed E-state index contributed by atoms with van der Waals surface area (Å²) in [6.45, 7) is 0. The molecule has 0 amide bonds. The van der Waals surface area contributed by atoms with Crippen LogP contribution in [0.1, 0.15) is 30.4 Å². The van der Waals surface area contributed by atoms with Crippen molar-refractivity contribution in [1.82, 2.24) is 5.32 Å². The second-order valence-corrected chi connectivity index (χ2v) is 6.55. The summed E-state index contributed by atoms with van der Waals surface area (Å²) in [5, 5.41) is 3.89. The summed E-state index contributed by atoms with van der Waals surface area (Å²) in [5.74, 6) is 1.19. The standard InChI is InChI=1S/C15H20F3NS/c1-19-13(14-4-2-3-9-20-14)10-11-5-7-12(8-6-11)15(16,17)18/h5-8,13-14,19H,2-4,9-10H2,1H3. The third-order valence-corrected chi connectivity index (χ3v) is 5.29. The molecule has 5 heteroatoms. The molecule has 0 aliphatic carbocycles. The van der Waals surface area contributed by atoms with E-state index < -0.39 is 11.7 Å². The van der Waals surface area contributed by atoms with Crippen LogP contribution in [0.5, 0.6) is 0 Å². The molecule has 20 heavy (non-hydrogen) atoms. The van der Waals surface area contributed by atoms with Gasteiger partial charge in [-0.05, 0) is 49.8 Å². The van der Waals surface area contributed by atoms with Crippen molar-refractivity contribution in [3.8, 4) is 0 Å². The van der Waals surface area contributed by atoms with Gasteiger partial charge in [0.15, 0.2) is 0 Å². The summed E-state index contributed by atoms with van der Waals surface area (Å²) >= 11 is 1.98. The quantitative estimate of drug-likeness (QED) is 0.898. The molecule has 1 aliphatic rings. The van der Waals surface area contributed by atoms with Crippen LogP contribution in [0.2, 0.25) is 0 Å². The van der Waals surface area contributed by atoms with E-state index in [-0.39, 0.29) is 0 Å². The number of hydrogen-bond acceptors (Lipinski definition) is 2. The first-order valence-electron chi connectivity index (χ1n) is 6.95. The lowest BCUT2D eigenvalue weighted by Gasteiger charge is -2.29. The van der Waals surface area contributed by atoms with Crippen LogP contribution in [-0.2, 0) is 12.6 Å². The van der Waals surface area contributed by atoms with E-state index in [9.17, 15) is 13.2 Å². The monoisotopic (exact) mass is 303 g/mol. The third kappa shape index (κ3) is 4.16. The van der Waals surface area contributed by atoms with Gasteiger partial charge in [-0.2, -0.15) is 24.9 Å². The van der Waals surface area contributed by atoms with Gasteiger partial charge in [-0.3, -0.25) is 0 Å². The van der Waals surface area contributed by atoms with Gasteiger partial charge in [0.25, 0.3) is 0 Å². The normalized spacial score (nSPS) is 21.7. The summed E-state index contributed by atoms with van der Waals surface area (Å²) in [6, 6.07) is 5.88. The Balaban J connectivity index is 2.00. The SMILES string of the molecule is CNC(Cc1ccc(C(F)(F)F)cc1)C1CCCCS1. The maximum Gasteiger partial charge on any atom is 0.416 e. The van der Waals surface area contributed by atoms with Crippen molar-refractivity contribution in [2.45, 2.75) is 43.2 Å². The van der Waals surface area contributed by atoms with Crippen molar-refractivity contribution < 1.29 is 13.2 Å². The zero-order valence-corrected chi connectivity index (χ0v) is 12.4. The van der Waals surface area contributed by atoms with Crippen molar-refractivity contribution in [1.29, 1.82) is 0 Å². The Labute approximate surface area is 122 Å². The fraction of sp³-hybridized carbons (Fsp3) is 0.600. The smallest absolute Gasteiger partial charge is 0.316 e.